The number of anilines is 3. The van der Waals surface area contributed by atoms with Gasteiger partial charge in [0.25, 0.3) is 0 Å². The van der Waals surface area contributed by atoms with Gasteiger partial charge in [0.2, 0.25) is 0 Å². The molecule has 0 bridgehead atoms. The van der Waals surface area contributed by atoms with E-state index in [4.69, 9.17) is 16.2 Å². The van der Waals surface area contributed by atoms with E-state index in [-0.39, 0.29) is 24.8 Å². The predicted octanol–water partition coefficient (Wildman–Crippen LogP) is 5.04. The molecular weight excluding hydrogens is 377 g/mol. The highest BCUT2D eigenvalue weighted by molar-refractivity contribution is 7.08. The molecule has 5 N–H and O–H groups in total. The van der Waals surface area contributed by atoms with Crippen molar-refractivity contribution < 1.29 is 4.74 Å². The molecule has 3 rings (SSSR count). The summed E-state index contributed by atoms with van der Waals surface area (Å²) in [6.07, 6.45) is 0. The standard InChI is InChI=1S/C18H19N3OS.2ClH/c1-22-15-5-3-14(4-6-15)21-9-12-10-23-11-17(12)16-8-13(19)2-7-18(16)20;;/h2-8,10-11,21H,9,19-20H2,1H3;2*1H. The maximum absolute atomic E-state index is 6.10. The van der Waals surface area contributed by atoms with Gasteiger partial charge in [-0.3, -0.25) is 0 Å². The number of hydrogen-bond donors (Lipinski definition) is 3. The molecule has 0 unspecified atom stereocenters. The van der Waals surface area contributed by atoms with Crippen LogP contribution in [0.3, 0.4) is 0 Å². The highest BCUT2D eigenvalue weighted by Crippen LogP contribution is 2.33. The van der Waals surface area contributed by atoms with Crippen LogP contribution in [0.1, 0.15) is 5.56 Å². The molecule has 0 aliphatic rings. The van der Waals surface area contributed by atoms with E-state index in [0.29, 0.717) is 0 Å². The molecule has 7 heteroatoms. The molecule has 0 amide bonds. The summed E-state index contributed by atoms with van der Waals surface area (Å²) in [5.41, 5.74) is 17.8. The molecule has 0 atom stereocenters. The average Bonchev–Trinajstić information content (AvgIpc) is 3.04. The number of ether oxygens (including phenoxy) is 1. The third-order valence-electron chi connectivity index (χ3n) is 3.68. The fraction of sp³-hybridized carbons (Fsp3) is 0.111. The van der Waals surface area contributed by atoms with E-state index in [1.165, 1.54) is 5.56 Å². The molecule has 0 saturated carbocycles. The molecule has 0 fully saturated rings. The average molecular weight is 398 g/mol. The summed E-state index contributed by atoms with van der Waals surface area (Å²) in [7, 11) is 1.66. The van der Waals surface area contributed by atoms with E-state index in [9.17, 15) is 0 Å². The van der Waals surface area contributed by atoms with Gasteiger partial charge >= 0.3 is 0 Å². The third-order valence-corrected chi connectivity index (χ3v) is 4.48. The van der Waals surface area contributed by atoms with Crippen molar-refractivity contribution in [1.29, 1.82) is 0 Å². The Morgan fingerprint density at radius 2 is 1.68 bits per heavy atom. The van der Waals surface area contributed by atoms with Gasteiger partial charge in [-0.15, -0.1) is 24.8 Å². The van der Waals surface area contributed by atoms with Crippen molar-refractivity contribution in [3.8, 4) is 16.9 Å². The first kappa shape index (κ1) is 21.0. The van der Waals surface area contributed by atoms with E-state index in [2.05, 4.69) is 16.1 Å². The predicted molar refractivity (Wildman–Crippen MR) is 113 cm³/mol. The van der Waals surface area contributed by atoms with E-state index < -0.39 is 0 Å². The Bertz CT molecular complexity index is 806. The van der Waals surface area contributed by atoms with Crippen LogP contribution in [0, 0.1) is 0 Å². The van der Waals surface area contributed by atoms with Crippen molar-refractivity contribution in [2.24, 2.45) is 0 Å². The largest absolute Gasteiger partial charge is 0.497 e. The van der Waals surface area contributed by atoms with Crippen LogP contribution in [0.5, 0.6) is 5.75 Å². The first-order valence-electron chi connectivity index (χ1n) is 7.25. The second kappa shape index (κ2) is 9.42. The van der Waals surface area contributed by atoms with Gasteiger partial charge in [0.05, 0.1) is 7.11 Å². The number of halogens is 2. The molecule has 4 nitrogen and oxygen atoms in total. The van der Waals surface area contributed by atoms with Crippen molar-refractivity contribution in [2.45, 2.75) is 6.54 Å². The molecule has 1 aromatic heterocycles. The first-order chi connectivity index (χ1) is 11.2. The molecule has 3 aromatic rings. The number of nitrogens with two attached hydrogens (primary N) is 2. The van der Waals surface area contributed by atoms with Crippen LogP contribution in [-0.4, -0.2) is 7.11 Å². The van der Waals surface area contributed by atoms with Crippen LogP contribution in [0.4, 0.5) is 17.1 Å². The highest BCUT2D eigenvalue weighted by Gasteiger charge is 2.10. The molecule has 0 saturated heterocycles. The van der Waals surface area contributed by atoms with Crippen molar-refractivity contribution in [1.82, 2.24) is 0 Å². The van der Waals surface area contributed by atoms with Crippen molar-refractivity contribution in [3.63, 3.8) is 0 Å². The van der Waals surface area contributed by atoms with Gasteiger partial charge in [-0.2, -0.15) is 11.3 Å². The number of benzene rings is 2. The number of methoxy groups -OCH3 is 1. The number of hydrogen-bond acceptors (Lipinski definition) is 5. The fourth-order valence-corrected chi connectivity index (χ4v) is 3.27. The zero-order valence-corrected chi connectivity index (χ0v) is 16.1. The number of nitrogens with one attached hydrogen (secondary N) is 1. The summed E-state index contributed by atoms with van der Waals surface area (Å²) in [6.45, 7) is 0.722. The Balaban J connectivity index is 0.00000156. The lowest BCUT2D eigenvalue weighted by Crippen LogP contribution is -2.00. The van der Waals surface area contributed by atoms with Gasteiger partial charge in [0, 0.05) is 29.2 Å². The molecule has 25 heavy (non-hydrogen) atoms. The molecule has 0 radical (unpaired) electrons. The van der Waals surface area contributed by atoms with Gasteiger partial charge in [0.1, 0.15) is 5.75 Å². The van der Waals surface area contributed by atoms with Crippen LogP contribution in [0.25, 0.3) is 11.1 Å². The van der Waals surface area contributed by atoms with Gasteiger partial charge < -0.3 is 21.5 Å². The summed E-state index contributed by atoms with van der Waals surface area (Å²) in [6, 6.07) is 13.5. The van der Waals surface area contributed by atoms with Gasteiger partial charge in [0.15, 0.2) is 0 Å². The number of rotatable bonds is 5. The second-order valence-electron chi connectivity index (χ2n) is 5.24. The van der Waals surface area contributed by atoms with E-state index in [1.54, 1.807) is 18.4 Å². The minimum absolute atomic E-state index is 0. The quantitative estimate of drug-likeness (QED) is 0.526. The Morgan fingerprint density at radius 1 is 0.960 bits per heavy atom. The molecule has 1 heterocycles. The maximum atomic E-state index is 6.10. The lowest BCUT2D eigenvalue weighted by Gasteiger charge is -2.11. The second-order valence-corrected chi connectivity index (χ2v) is 5.98. The Labute approximate surface area is 164 Å². The Morgan fingerprint density at radius 3 is 2.36 bits per heavy atom. The summed E-state index contributed by atoms with van der Waals surface area (Å²) in [4.78, 5) is 0. The summed E-state index contributed by atoms with van der Waals surface area (Å²) in [5.74, 6) is 0.847. The van der Waals surface area contributed by atoms with E-state index >= 15 is 0 Å². The molecular formula is C18H21Cl2N3OS. The third kappa shape index (κ3) is 4.95. The van der Waals surface area contributed by atoms with Crippen LogP contribution < -0.4 is 21.5 Å². The number of thiophene rings is 1. The van der Waals surface area contributed by atoms with Crippen molar-refractivity contribution in [2.75, 3.05) is 23.9 Å². The zero-order valence-electron chi connectivity index (χ0n) is 13.7. The minimum atomic E-state index is 0. The highest BCUT2D eigenvalue weighted by atomic mass is 35.5. The molecule has 0 spiro atoms. The molecule has 0 aliphatic carbocycles. The monoisotopic (exact) mass is 397 g/mol. The Kier molecular flexibility index (Phi) is 7.90. The summed E-state index contributed by atoms with van der Waals surface area (Å²) < 4.78 is 5.17. The molecule has 134 valence electrons. The van der Waals surface area contributed by atoms with Crippen LogP contribution in [0.15, 0.2) is 53.2 Å². The fourth-order valence-electron chi connectivity index (χ4n) is 2.41. The lowest BCUT2D eigenvalue weighted by atomic mass is 10.0. The Hall–Kier alpha value is -2.08. The van der Waals surface area contributed by atoms with E-state index in [1.807, 2.05) is 42.5 Å². The van der Waals surface area contributed by atoms with Crippen LogP contribution >= 0.6 is 36.2 Å². The first-order valence-corrected chi connectivity index (χ1v) is 8.20. The van der Waals surface area contributed by atoms with E-state index in [0.717, 1.165) is 40.5 Å². The molecule has 2 aromatic carbocycles. The van der Waals surface area contributed by atoms with Gasteiger partial charge in [-0.25, -0.2) is 0 Å². The van der Waals surface area contributed by atoms with Crippen LogP contribution in [0.2, 0.25) is 0 Å². The summed E-state index contributed by atoms with van der Waals surface area (Å²) in [5, 5.41) is 7.66. The number of nitrogen functional groups attached to an aromatic ring is 2. The van der Waals surface area contributed by atoms with Crippen molar-refractivity contribution in [3.05, 3.63) is 58.8 Å². The van der Waals surface area contributed by atoms with Crippen LogP contribution in [-0.2, 0) is 6.54 Å². The van der Waals surface area contributed by atoms with Gasteiger partial charge in [-0.1, -0.05) is 0 Å². The van der Waals surface area contributed by atoms with Gasteiger partial charge in [-0.05, 0) is 64.4 Å². The maximum Gasteiger partial charge on any atom is 0.119 e. The SMILES string of the molecule is COc1ccc(NCc2cscc2-c2cc(N)ccc2N)cc1.Cl.Cl. The summed E-state index contributed by atoms with van der Waals surface area (Å²) >= 11 is 1.66. The zero-order chi connectivity index (χ0) is 16.2. The minimum Gasteiger partial charge on any atom is -0.497 e. The smallest absolute Gasteiger partial charge is 0.119 e. The lowest BCUT2D eigenvalue weighted by molar-refractivity contribution is 0.415. The topological polar surface area (TPSA) is 73.3 Å². The normalized spacial score (nSPS) is 9.64. The molecule has 0 aliphatic heterocycles. The van der Waals surface area contributed by atoms with Crippen molar-refractivity contribution >= 4 is 53.2 Å².